The van der Waals surface area contributed by atoms with E-state index in [9.17, 15) is 8.78 Å². The van der Waals surface area contributed by atoms with Crippen LogP contribution in [0, 0.1) is 11.6 Å². The Morgan fingerprint density at radius 2 is 2.00 bits per heavy atom. The molecule has 0 atom stereocenters. The lowest BCUT2D eigenvalue weighted by Gasteiger charge is -2.32. The molecule has 2 N–H and O–H groups in total. The molecule has 1 aromatic rings. The maximum absolute atomic E-state index is 13.2. The zero-order valence-electron chi connectivity index (χ0n) is 7.84. The summed E-state index contributed by atoms with van der Waals surface area (Å²) < 4.78 is 32.0. The van der Waals surface area contributed by atoms with E-state index in [1.54, 1.807) is 0 Å². The highest BCUT2D eigenvalue weighted by molar-refractivity contribution is 9.10. The third kappa shape index (κ3) is 2.29. The Balaban J connectivity index is 2.13. The summed E-state index contributed by atoms with van der Waals surface area (Å²) in [7, 11) is 0. The zero-order valence-corrected chi connectivity index (χ0v) is 9.43. The summed E-state index contributed by atoms with van der Waals surface area (Å²) in [6, 6.07) is 2.60. The Morgan fingerprint density at radius 1 is 1.33 bits per heavy atom. The minimum atomic E-state index is -0.946. The van der Waals surface area contributed by atoms with Crippen molar-refractivity contribution in [3.05, 3.63) is 28.2 Å². The summed E-state index contributed by atoms with van der Waals surface area (Å²) in [5, 5.41) is 0. The fraction of sp³-hybridized carbons (Fsp3) is 0.400. The first-order valence-corrected chi connectivity index (χ1v) is 5.42. The standard InChI is InChI=1S/C10H10BrF2NO/c11-5-1-8(12)10(13)9(2-5)15-7-3-6(14)4-7/h1-2,6-7H,3-4,14H2. The Morgan fingerprint density at radius 3 is 2.60 bits per heavy atom. The average molecular weight is 278 g/mol. The molecule has 0 aliphatic heterocycles. The fourth-order valence-corrected chi connectivity index (χ4v) is 1.91. The van der Waals surface area contributed by atoms with E-state index in [2.05, 4.69) is 15.9 Å². The second kappa shape index (κ2) is 4.06. The van der Waals surface area contributed by atoms with E-state index in [4.69, 9.17) is 10.5 Å². The van der Waals surface area contributed by atoms with E-state index in [0.717, 1.165) is 6.07 Å². The molecule has 0 radical (unpaired) electrons. The first-order valence-electron chi connectivity index (χ1n) is 4.63. The predicted molar refractivity (Wildman–Crippen MR) is 55.7 cm³/mol. The minimum Gasteiger partial charge on any atom is -0.487 e. The molecule has 1 fully saturated rings. The summed E-state index contributed by atoms with van der Waals surface area (Å²) in [4.78, 5) is 0. The molecule has 1 aromatic carbocycles. The SMILES string of the molecule is NC1CC(Oc2cc(Br)cc(F)c2F)C1. The number of nitrogens with two attached hydrogens (primary N) is 1. The van der Waals surface area contributed by atoms with Crippen molar-refractivity contribution < 1.29 is 13.5 Å². The second-order valence-electron chi connectivity index (χ2n) is 3.67. The van der Waals surface area contributed by atoms with Crippen LogP contribution in [0.1, 0.15) is 12.8 Å². The maximum atomic E-state index is 13.2. The predicted octanol–water partition coefficient (Wildman–Crippen LogP) is 2.60. The molecule has 1 aliphatic carbocycles. The number of hydrogen-bond acceptors (Lipinski definition) is 2. The Kier molecular flexibility index (Phi) is 2.93. The molecule has 82 valence electrons. The third-order valence-corrected chi connectivity index (χ3v) is 2.84. The molecule has 0 amide bonds. The summed E-state index contributed by atoms with van der Waals surface area (Å²) in [5.41, 5.74) is 5.56. The van der Waals surface area contributed by atoms with Crippen LogP contribution in [-0.2, 0) is 0 Å². The highest BCUT2D eigenvalue weighted by atomic mass is 79.9. The average Bonchev–Trinajstić information content (AvgIpc) is 2.10. The summed E-state index contributed by atoms with van der Waals surface area (Å²) in [6.45, 7) is 0. The first kappa shape index (κ1) is 10.8. The van der Waals surface area contributed by atoms with Crippen molar-refractivity contribution in [3.8, 4) is 5.75 Å². The van der Waals surface area contributed by atoms with Gasteiger partial charge in [0.1, 0.15) is 6.10 Å². The van der Waals surface area contributed by atoms with Crippen molar-refractivity contribution in [1.82, 2.24) is 0 Å². The van der Waals surface area contributed by atoms with Crippen LogP contribution in [0.4, 0.5) is 8.78 Å². The van der Waals surface area contributed by atoms with E-state index >= 15 is 0 Å². The van der Waals surface area contributed by atoms with Crippen LogP contribution in [-0.4, -0.2) is 12.1 Å². The zero-order chi connectivity index (χ0) is 11.0. The van der Waals surface area contributed by atoms with Crippen LogP contribution in [0.5, 0.6) is 5.75 Å². The molecule has 1 saturated carbocycles. The molecular formula is C10H10BrF2NO. The van der Waals surface area contributed by atoms with Crippen molar-refractivity contribution in [2.75, 3.05) is 0 Å². The van der Waals surface area contributed by atoms with Gasteiger partial charge in [-0.15, -0.1) is 0 Å². The lowest BCUT2D eigenvalue weighted by atomic mass is 9.90. The third-order valence-electron chi connectivity index (χ3n) is 2.38. The van der Waals surface area contributed by atoms with Crippen LogP contribution in [0.2, 0.25) is 0 Å². The monoisotopic (exact) mass is 277 g/mol. The van der Waals surface area contributed by atoms with Gasteiger partial charge in [-0.2, -0.15) is 4.39 Å². The van der Waals surface area contributed by atoms with E-state index < -0.39 is 11.6 Å². The summed E-state index contributed by atoms with van der Waals surface area (Å²) >= 11 is 3.08. The molecule has 15 heavy (non-hydrogen) atoms. The highest BCUT2D eigenvalue weighted by Gasteiger charge is 2.28. The smallest absolute Gasteiger partial charge is 0.200 e. The van der Waals surface area contributed by atoms with E-state index in [0.29, 0.717) is 17.3 Å². The molecule has 2 nitrogen and oxygen atoms in total. The molecule has 1 aliphatic rings. The number of rotatable bonds is 2. The minimum absolute atomic E-state index is 0.0567. The largest absolute Gasteiger partial charge is 0.487 e. The van der Waals surface area contributed by atoms with Crippen molar-refractivity contribution in [3.63, 3.8) is 0 Å². The van der Waals surface area contributed by atoms with Gasteiger partial charge in [0.15, 0.2) is 11.6 Å². The number of benzene rings is 1. The van der Waals surface area contributed by atoms with Gasteiger partial charge in [0, 0.05) is 10.5 Å². The van der Waals surface area contributed by atoms with Crippen LogP contribution in [0.15, 0.2) is 16.6 Å². The quantitative estimate of drug-likeness (QED) is 0.844. The van der Waals surface area contributed by atoms with Crippen LogP contribution in [0.25, 0.3) is 0 Å². The molecule has 2 rings (SSSR count). The van der Waals surface area contributed by atoms with Gasteiger partial charge in [-0.25, -0.2) is 4.39 Å². The summed E-state index contributed by atoms with van der Waals surface area (Å²) in [5.74, 6) is -1.92. The van der Waals surface area contributed by atoms with Gasteiger partial charge < -0.3 is 10.5 Å². The van der Waals surface area contributed by atoms with Gasteiger partial charge in [0.05, 0.1) is 0 Å². The number of halogens is 3. The van der Waals surface area contributed by atoms with Gasteiger partial charge in [-0.05, 0) is 25.0 Å². The Labute approximate surface area is 94.5 Å². The molecule has 0 spiro atoms. The van der Waals surface area contributed by atoms with E-state index in [1.807, 2.05) is 0 Å². The highest BCUT2D eigenvalue weighted by Crippen LogP contribution is 2.30. The van der Waals surface area contributed by atoms with Crippen molar-refractivity contribution >= 4 is 15.9 Å². The van der Waals surface area contributed by atoms with Crippen molar-refractivity contribution in [1.29, 1.82) is 0 Å². The van der Waals surface area contributed by atoms with Gasteiger partial charge in [-0.3, -0.25) is 0 Å². The van der Waals surface area contributed by atoms with Crippen molar-refractivity contribution in [2.45, 2.75) is 25.0 Å². The van der Waals surface area contributed by atoms with Gasteiger partial charge in [-0.1, -0.05) is 15.9 Å². The fourth-order valence-electron chi connectivity index (χ4n) is 1.50. The molecule has 5 heteroatoms. The number of hydrogen-bond donors (Lipinski definition) is 1. The summed E-state index contributed by atoms with van der Waals surface area (Å²) in [6.07, 6.45) is 1.28. The number of ether oxygens (including phenoxy) is 1. The molecule has 0 unspecified atom stereocenters. The molecule has 0 heterocycles. The van der Waals surface area contributed by atoms with E-state index in [-0.39, 0.29) is 17.9 Å². The van der Waals surface area contributed by atoms with Crippen LogP contribution < -0.4 is 10.5 Å². The maximum Gasteiger partial charge on any atom is 0.200 e. The Hall–Kier alpha value is -0.680. The first-order chi connectivity index (χ1) is 7.06. The Bertz CT molecular complexity index is 380. The molecular weight excluding hydrogens is 268 g/mol. The molecule has 0 bridgehead atoms. The van der Waals surface area contributed by atoms with E-state index in [1.165, 1.54) is 6.07 Å². The lowest BCUT2D eigenvalue weighted by Crippen LogP contribution is -2.43. The molecule has 0 aromatic heterocycles. The van der Waals surface area contributed by atoms with Crippen LogP contribution >= 0.6 is 15.9 Å². The normalized spacial score (nSPS) is 24.8. The van der Waals surface area contributed by atoms with Gasteiger partial charge >= 0.3 is 0 Å². The topological polar surface area (TPSA) is 35.2 Å². The van der Waals surface area contributed by atoms with Gasteiger partial charge in [0.2, 0.25) is 5.82 Å². The van der Waals surface area contributed by atoms with Gasteiger partial charge in [0.25, 0.3) is 0 Å². The lowest BCUT2D eigenvalue weighted by molar-refractivity contribution is 0.0952. The van der Waals surface area contributed by atoms with Crippen LogP contribution in [0.3, 0.4) is 0 Å². The van der Waals surface area contributed by atoms with Crippen molar-refractivity contribution in [2.24, 2.45) is 5.73 Å². The second-order valence-corrected chi connectivity index (χ2v) is 4.59. The molecule has 0 saturated heterocycles.